The molecule has 24 heavy (non-hydrogen) atoms. The molecule has 1 aliphatic rings. The van der Waals surface area contributed by atoms with Gasteiger partial charge in [0.2, 0.25) is 0 Å². The highest BCUT2D eigenvalue weighted by molar-refractivity contribution is 9.13. The van der Waals surface area contributed by atoms with Crippen molar-refractivity contribution in [2.45, 2.75) is 19.4 Å². The molecule has 2 aromatic carbocycles. The largest absolute Gasteiger partial charge is 0.494 e. The third-order valence-corrected chi connectivity index (χ3v) is 6.39. The first kappa shape index (κ1) is 16.2. The first-order valence-electron chi connectivity index (χ1n) is 8.13. The van der Waals surface area contributed by atoms with Gasteiger partial charge in [-0.25, -0.2) is 0 Å². The molecule has 4 rings (SSSR count). The molecule has 0 amide bonds. The van der Waals surface area contributed by atoms with E-state index in [-0.39, 0.29) is 6.04 Å². The summed E-state index contributed by atoms with van der Waals surface area (Å²) in [5.74, 6) is 0.938. The van der Waals surface area contributed by atoms with Crippen LogP contribution in [-0.4, -0.2) is 18.1 Å². The van der Waals surface area contributed by atoms with E-state index in [9.17, 15) is 0 Å². The fraction of sp³-hybridized carbons (Fsp3) is 0.263. The maximum absolute atomic E-state index is 5.67. The number of ether oxygens (including phenoxy) is 1. The molecule has 3 nitrogen and oxygen atoms in total. The van der Waals surface area contributed by atoms with Crippen molar-refractivity contribution in [1.82, 2.24) is 10.3 Å². The molecule has 1 atom stereocenters. The molecule has 0 aliphatic carbocycles. The van der Waals surface area contributed by atoms with Crippen LogP contribution in [0.15, 0.2) is 45.3 Å². The second kappa shape index (κ2) is 6.54. The van der Waals surface area contributed by atoms with Crippen molar-refractivity contribution >= 4 is 42.8 Å². The first-order valence-corrected chi connectivity index (χ1v) is 9.71. The van der Waals surface area contributed by atoms with Gasteiger partial charge in [0.15, 0.2) is 0 Å². The summed E-state index contributed by atoms with van der Waals surface area (Å²) in [6, 6.07) is 12.9. The Morgan fingerprint density at radius 2 is 2.00 bits per heavy atom. The molecule has 0 saturated carbocycles. The minimum absolute atomic E-state index is 0.182. The lowest BCUT2D eigenvalue weighted by Crippen LogP contribution is -2.30. The van der Waals surface area contributed by atoms with Crippen molar-refractivity contribution in [3.05, 3.63) is 62.2 Å². The Labute approximate surface area is 158 Å². The van der Waals surface area contributed by atoms with E-state index in [1.807, 2.05) is 13.0 Å². The number of hydrogen-bond donors (Lipinski definition) is 2. The van der Waals surface area contributed by atoms with E-state index in [0.29, 0.717) is 6.61 Å². The predicted octanol–water partition coefficient (Wildman–Crippen LogP) is 5.33. The predicted molar refractivity (Wildman–Crippen MR) is 105 cm³/mol. The lowest BCUT2D eigenvalue weighted by Gasteiger charge is -2.25. The molecule has 2 heterocycles. The molecular weight excluding hydrogens is 432 g/mol. The van der Waals surface area contributed by atoms with Crippen molar-refractivity contribution in [2.75, 3.05) is 13.2 Å². The van der Waals surface area contributed by atoms with Crippen LogP contribution in [0.3, 0.4) is 0 Å². The summed E-state index contributed by atoms with van der Waals surface area (Å²) in [7, 11) is 0. The van der Waals surface area contributed by atoms with Gasteiger partial charge in [-0.2, -0.15) is 0 Å². The maximum Gasteiger partial charge on any atom is 0.120 e. The third kappa shape index (κ3) is 2.79. The number of benzene rings is 2. The summed E-state index contributed by atoms with van der Waals surface area (Å²) in [5.41, 5.74) is 5.09. The normalized spacial score (nSPS) is 17.0. The molecule has 1 aromatic heterocycles. The minimum atomic E-state index is 0.182. The van der Waals surface area contributed by atoms with Gasteiger partial charge >= 0.3 is 0 Å². The van der Waals surface area contributed by atoms with Gasteiger partial charge in [0.1, 0.15) is 5.75 Å². The summed E-state index contributed by atoms with van der Waals surface area (Å²) >= 11 is 7.16. The molecule has 1 aliphatic heterocycles. The zero-order valence-electron chi connectivity index (χ0n) is 13.3. The number of rotatable bonds is 3. The number of H-pyrrole nitrogens is 1. The number of hydrogen-bond acceptors (Lipinski definition) is 2. The van der Waals surface area contributed by atoms with Gasteiger partial charge in [-0.1, -0.05) is 6.07 Å². The average Bonchev–Trinajstić information content (AvgIpc) is 2.96. The van der Waals surface area contributed by atoms with E-state index in [1.54, 1.807) is 0 Å². The smallest absolute Gasteiger partial charge is 0.120 e. The fourth-order valence-corrected chi connectivity index (χ4v) is 4.08. The second-order valence-electron chi connectivity index (χ2n) is 5.97. The highest BCUT2D eigenvalue weighted by Crippen LogP contribution is 2.36. The summed E-state index contributed by atoms with van der Waals surface area (Å²) in [6.45, 7) is 3.68. The van der Waals surface area contributed by atoms with Gasteiger partial charge in [0, 0.05) is 32.1 Å². The Morgan fingerprint density at radius 3 is 2.79 bits per heavy atom. The quantitative estimate of drug-likeness (QED) is 0.567. The van der Waals surface area contributed by atoms with Crippen molar-refractivity contribution in [1.29, 1.82) is 0 Å². The van der Waals surface area contributed by atoms with E-state index >= 15 is 0 Å². The standard InChI is InChI=1S/C19H18Br2N2O/c1-2-24-12-4-6-17-14(10-12)13-7-8-22-18(19(13)23-17)11-3-5-15(20)16(21)9-11/h3-6,9-10,18,22-23H,2,7-8H2,1H3. The first-order chi connectivity index (χ1) is 11.7. The Balaban J connectivity index is 1.82. The lowest BCUT2D eigenvalue weighted by molar-refractivity contribution is 0.340. The zero-order valence-corrected chi connectivity index (χ0v) is 16.5. The van der Waals surface area contributed by atoms with Crippen LogP contribution < -0.4 is 10.1 Å². The van der Waals surface area contributed by atoms with Crippen molar-refractivity contribution in [2.24, 2.45) is 0 Å². The molecule has 3 aromatic rings. The number of halogens is 2. The average molecular weight is 450 g/mol. The maximum atomic E-state index is 5.67. The molecule has 124 valence electrons. The summed E-state index contributed by atoms with van der Waals surface area (Å²) in [5, 5.41) is 4.92. The highest BCUT2D eigenvalue weighted by Gasteiger charge is 2.25. The van der Waals surface area contributed by atoms with E-state index in [0.717, 1.165) is 27.7 Å². The van der Waals surface area contributed by atoms with E-state index in [1.165, 1.54) is 27.7 Å². The molecule has 0 fully saturated rings. The fourth-order valence-electron chi connectivity index (χ4n) is 3.44. The molecule has 0 radical (unpaired) electrons. The highest BCUT2D eigenvalue weighted by atomic mass is 79.9. The Kier molecular flexibility index (Phi) is 4.41. The van der Waals surface area contributed by atoms with Crippen LogP contribution in [0.5, 0.6) is 5.75 Å². The van der Waals surface area contributed by atoms with E-state index in [2.05, 4.69) is 72.5 Å². The van der Waals surface area contributed by atoms with Crippen LogP contribution in [0.2, 0.25) is 0 Å². The third-order valence-electron chi connectivity index (χ3n) is 4.51. The molecule has 0 saturated heterocycles. The van der Waals surface area contributed by atoms with Gasteiger partial charge in [-0.3, -0.25) is 0 Å². The number of nitrogens with one attached hydrogen (secondary N) is 2. The minimum Gasteiger partial charge on any atom is -0.494 e. The molecular formula is C19H18Br2N2O. The summed E-state index contributed by atoms with van der Waals surface area (Å²) < 4.78 is 7.82. The van der Waals surface area contributed by atoms with Crippen LogP contribution >= 0.6 is 31.9 Å². The molecule has 5 heteroatoms. The summed E-state index contributed by atoms with van der Waals surface area (Å²) in [6.07, 6.45) is 1.03. The van der Waals surface area contributed by atoms with E-state index in [4.69, 9.17) is 4.74 Å². The van der Waals surface area contributed by atoms with Crippen LogP contribution in [0, 0.1) is 0 Å². The van der Waals surface area contributed by atoms with E-state index < -0.39 is 0 Å². The Morgan fingerprint density at radius 1 is 1.12 bits per heavy atom. The Hall–Kier alpha value is -1.30. The van der Waals surface area contributed by atoms with Gasteiger partial charge < -0.3 is 15.0 Å². The van der Waals surface area contributed by atoms with Gasteiger partial charge in [0.25, 0.3) is 0 Å². The monoisotopic (exact) mass is 448 g/mol. The molecule has 0 spiro atoms. The Bertz CT molecular complexity index is 904. The topological polar surface area (TPSA) is 37.0 Å². The molecule has 2 N–H and O–H groups in total. The van der Waals surface area contributed by atoms with Gasteiger partial charge in [0.05, 0.1) is 12.6 Å². The number of fused-ring (bicyclic) bond motifs is 3. The number of aromatic nitrogens is 1. The van der Waals surface area contributed by atoms with Crippen molar-refractivity contribution < 1.29 is 4.74 Å². The summed E-state index contributed by atoms with van der Waals surface area (Å²) in [4.78, 5) is 3.62. The lowest BCUT2D eigenvalue weighted by atomic mass is 9.94. The zero-order chi connectivity index (χ0) is 16.7. The second-order valence-corrected chi connectivity index (χ2v) is 7.68. The van der Waals surface area contributed by atoms with Gasteiger partial charge in [-0.15, -0.1) is 0 Å². The number of aromatic amines is 1. The van der Waals surface area contributed by atoms with Gasteiger partial charge in [-0.05, 0) is 86.7 Å². The molecule has 0 bridgehead atoms. The van der Waals surface area contributed by atoms with Crippen molar-refractivity contribution in [3.63, 3.8) is 0 Å². The van der Waals surface area contributed by atoms with Crippen LogP contribution in [0.4, 0.5) is 0 Å². The molecule has 1 unspecified atom stereocenters. The SMILES string of the molecule is CCOc1ccc2[nH]c3c(c2c1)CCNC3c1ccc(Br)c(Br)c1. The van der Waals surface area contributed by atoms with Crippen LogP contribution in [-0.2, 0) is 6.42 Å². The van der Waals surface area contributed by atoms with Crippen LogP contribution in [0.25, 0.3) is 10.9 Å². The van der Waals surface area contributed by atoms with Crippen LogP contribution in [0.1, 0.15) is 29.8 Å². The van der Waals surface area contributed by atoms with Crippen molar-refractivity contribution in [3.8, 4) is 5.75 Å².